The maximum Gasteiger partial charge on any atom is 0.337 e. The zero-order chi connectivity index (χ0) is 18.4. The van der Waals surface area contributed by atoms with Crippen LogP contribution in [0, 0.1) is 0 Å². The van der Waals surface area contributed by atoms with Gasteiger partial charge in [0.15, 0.2) is 6.29 Å². The highest BCUT2D eigenvalue weighted by atomic mass is 16.5. The molecule has 4 nitrogen and oxygen atoms in total. The number of hydrogen-bond donors (Lipinski definition) is 0. The van der Waals surface area contributed by atoms with Crippen molar-refractivity contribution in [3.8, 4) is 5.75 Å². The van der Waals surface area contributed by atoms with Crippen LogP contribution in [-0.2, 0) is 9.53 Å². The summed E-state index contributed by atoms with van der Waals surface area (Å²) in [4.78, 5) is 23.6. The first-order valence-electron chi connectivity index (χ1n) is 8.16. The van der Waals surface area contributed by atoms with Crippen LogP contribution in [0.25, 0.3) is 16.8 Å². The van der Waals surface area contributed by atoms with Crippen molar-refractivity contribution >= 4 is 29.1 Å². The van der Waals surface area contributed by atoms with Crippen molar-refractivity contribution in [2.45, 2.75) is 0 Å². The molecule has 0 fully saturated rings. The van der Waals surface area contributed by atoms with Crippen LogP contribution in [0.3, 0.4) is 0 Å². The maximum atomic E-state index is 12.1. The SMILES string of the molecule is COC(=O)/C(=C\c1ccccc1)COc1ccc2ccccc2c1C=O. The maximum absolute atomic E-state index is 12.1. The topological polar surface area (TPSA) is 52.6 Å². The minimum absolute atomic E-state index is 0.000742. The Kier molecular flexibility index (Phi) is 5.44. The van der Waals surface area contributed by atoms with Crippen molar-refractivity contribution < 1.29 is 19.1 Å². The zero-order valence-corrected chi connectivity index (χ0v) is 14.3. The van der Waals surface area contributed by atoms with Gasteiger partial charge in [0.05, 0.1) is 18.2 Å². The van der Waals surface area contributed by atoms with E-state index < -0.39 is 5.97 Å². The Labute approximate surface area is 151 Å². The van der Waals surface area contributed by atoms with E-state index in [4.69, 9.17) is 9.47 Å². The van der Waals surface area contributed by atoms with Gasteiger partial charge >= 0.3 is 5.97 Å². The van der Waals surface area contributed by atoms with Crippen LogP contribution in [0.4, 0.5) is 0 Å². The molecule has 0 heterocycles. The summed E-state index contributed by atoms with van der Waals surface area (Å²) < 4.78 is 10.6. The highest BCUT2D eigenvalue weighted by Crippen LogP contribution is 2.27. The number of esters is 1. The third kappa shape index (κ3) is 3.81. The van der Waals surface area contributed by atoms with E-state index in [0.29, 0.717) is 16.9 Å². The Balaban J connectivity index is 1.90. The first-order chi connectivity index (χ1) is 12.7. The van der Waals surface area contributed by atoms with Crippen LogP contribution in [0.2, 0.25) is 0 Å². The average Bonchev–Trinajstić information content (AvgIpc) is 2.70. The Morgan fingerprint density at radius 3 is 2.42 bits per heavy atom. The molecule has 130 valence electrons. The van der Waals surface area contributed by atoms with Crippen LogP contribution >= 0.6 is 0 Å². The summed E-state index contributed by atoms with van der Waals surface area (Å²) in [6.07, 6.45) is 2.49. The number of benzene rings is 3. The molecule has 0 aliphatic rings. The van der Waals surface area contributed by atoms with Crippen molar-refractivity contribution in [1.82, 2.24) is 0 Å². The molecule has 0 atom stereocenters. The fraction of sp³-hybridized carbons (Fsp3) is 0.0909. The first-order valence-corrected chi connectivity index (χ1v) is 8.16. The average molecular weight is 346 g/mol. The number of aldehydes is 1. The summed E-state index contributed by atoms with van der Waals surface area (Å²) in [5.41, 5.74) is 1.70. The lowest BCUT2D eigenvalue weighted by Gasteiger charge is -2.12. The van der Waals surface area contributed by atoms with E-state index >= 15 is 0 Å². The second kappa shape index (κ2) is 8.12. The number of ether oxygens (including phenoxy) is 2. The molecule has 3 rings (SSSR count). The molecule has 0 N–H and O–H groups in total. The van der Waals surface area contributed by atoms with Crippen LogP contribution in [0.1, 0.15) is 15.9 Å². The van der Waals surface area contributed by atoms with Crippen molar-refractivity contribution in [3.63, 3.8) is 0 Å². The molecule has 0 saturated carbocycles. The molecule has 0 spiro atoms. The van der Waals surface area contributed by atoms with E-state index in [1.807, 2.05) is 60.7 Å². The quantitative estimate of drug-likeness (QED) is 0.380. The van der Waals surface area contributed by atoms with Crippen molar-refractivity contribution in [2.24, 2.45) is 0 Å². The number of methoxy groups -OCH3 is 1. The monoisotopic (exact) mass is 346 g/mol. The summed E-state index contributed by atoms with van der Waals surface area (Å²) in [5.74, 6) is -0.0381. The van der Waals surface area contributed by atoms with Crippen molar-refractivity contribution in [2.75, 3.05) is 13.7 Å². The van der Waals surface area contributed by atoms with E-state index in [-0.39, 0.29) is 6.61 Å². The van der Waals surface area contributed by atoms with Gasteiger partial charge in [-0.05, 0) is 28.5 Å². The lowest BCUT2D eigenvalue weighted by Crippen LogP contribution is -2.13. The summed E-state index contributed by atoms with van der Waals surface area (Å²) in [5, 5.41) is 1.77. The van der Waals surface area contributed by atoms with Gasteiger partial charge < -0.3 is 9.47 Å². The molecule has 0 amide bonds. The van der Waals surface area contributed by atoms with Gasteiger partial charge in [-0.25, -0.2) is 4.79 Å². The third-order valence-corrected chi connectivity index (χ3v) is 4.02. The highest BCUT2D eigenvalue weighted by Gasteiger charge is 2.13. The van der Waals surface area contributed by atoms with Gasteiger partial charge in [-0.1, -0.05) is 60.7 Å². The van der Waals surface area contributed by atoms with Crippen LogP contribution < -0.4 is 4.74 Å². The zero-order valence-electron chi connectivity index (χ0n) is 14.3. The van der Waals surface area contributed by atoms with Gasteiger partial charge in [-0.15, -0.1) is 0 Å². The molecular formula is C22H18O4. The molecule has 0 aromatic heterocycles. The second-order valence-electron chi connectivity index (χ2n) is 5.68. The van der Waals surface area contributed by atoms with Gasteiger partial charge in [-0.2, -0.15) is 0 Å². The van der Waals surface area contributed by atoms with Gasteiger partial charge in [0.2, 0.25) is 0 Å². The summed E-state index contributed by atoms with van der Waals surface area (Å²) in [6.45, 7) is 0.000742. The second-order valence-corrected chi connectivity index (χ2v) is 5.68. The molecule has 0 bridgehead atoms. The lowest BCUT2D eigenvalue weighted by molar-refractivity contribution is -0.136. The van der Waals surface area contributed by atoms with E-state index in [2.05, 4.69) is 0 Å². The number of carbonyl (C=O) groups excluding carboxylic acids is 2. The summed E-state index contributed by atoms with van der Waals surface area (Å²) >= 11 is 0. The first kappa shape index (κ1) is 17.4. The number of rotatable bonds is 6. The van der Waals surface area contributed by atoms with Gasteiger partial charge in [-0.3, -0.25) is 4.79 Å². The molecule has 4 heteroatoms. The van der Waals surface area contributed by atoms with Crippen molar-refractivity contribution in [1.29, 1.82) is 0 Å². The van der Waals surface area contributed by atoms with E-state index in [1.165, 1.54) is 7.11 Å². The van der Waals surface area contributed by atoms with Gasteiger partial charge in [0, 0.05) is 0 Å². The Bertz CT molecular complexity index is 958. The molecule has 0 unspecified atom stereocenters. The number of carbonyl (C=O) groups is 2. The molecule has 3 aromatic rings. The molecular weight excluding hydrogens is 328 g/mol. The molecule has 26 heavy (non-hydrogen) atoms. The molecule has 0 radical (unpaired) electrons. The van der Waals surface area contributed by atoms with Crippen LogP contribution in [0.15, 0.2) is 72.3 Å². The fourth-order valence-electron chi connectivity index (χ4n) is 2.72. The molecule has 0 aliphatic carbocycles. The number of hydrogen-bond acceptors (Lipinski definition) is 4. The van der Waals surface area contributed by atoms with E-state index in [1.54, 1.807) is 12.1 Å². The standard InChI is InChI=1S/C22H18O4/c1-25-22(24)18(13-16-7-3-2-4-8-16)15-26-21-12-11-17-9-5-6-10-19(17)20(21)14-23/h2-14H,15H2,1H3/b18-13-. The smallest absolute Gasteiger partial charge is 0.337 e. The lowest BCUT2D eigenvalue weighted by atomic mass is 10.0. The van der Waals surface area contributed by atoms with E-state index in [0.717, 1.165) is 22.6 Å². The Morgan fingerprint density at radius 1 is 0.962 bits per heavy atom. The highest BCUT2D eigenvalue weighted by molar-refractivity contribution is 6.01. The van der Waals surface area contributed by atoms with Crippen LogP contribution in [0.5, 0.6) is 5.75 Å². The number of fused-ring (bicyclic) bond motifs is 1. The van der Waals surface area contributed by atoms with Crippen molar-refractivity contribution in [3.05, 3.63) is 83.4 Å². The molecule has 3 aromatic carbocycles. The predicted octanol–water partition coefficient (Wildman–Crippen LogP) is 4.29. The molecule has 0 saturated heterocycles. The summed E-state index contributed by atoms with van der Waals surface area (Å²) in [6, 6.07) is 20.6. The molecule has 0 aliphatic heterocycles. The van der Waals surface area contributed by atoms with E-state index in [9.17, 15) is 9.59 Å². The van der Waals surface area contributed by atoms with Gasteiger partial charge in [0.25, 0.3) is 0 Å². The fourth-order valence-corrected chi connectivity index (χ4v) is 2.72. The Morgan fingerprint density at radius 2 is 1.69 bits per heavy atom. The largest absolute Gasteiger partial charge is 0.488 e. The Hall–Kier alpha value is -3.40. The minimum Gasteiger partial charge on any atom is -0.488 e. The minimum atomic E-state index is -0.470. The third-order valence-electron chi connectivity index (χ3n) is 4.02. The predicted molar refractivity (Wildman–Crippen MR) is 101 cm³/mol. The summed E-state index contributed by atoms with van der Waals surface area (Å²) in [7, 11) is 1.33. The normalized spacial score (nSPS) is 11.2. The van der Waals surface area contributed by atoms with Crippen LogP contribution in [-0.4, -0.2) is 26.0 Å². The van der Waals surface area contributed by atoms with Gasteiger partial charge in [0.1, 0.15) is 12.4 Å².